The number of benzene rings is 8. The van der Waals surface area contributed by atoms with E-state index in [1.54, 1.807) is 0 Å². The van der Waals surface area contributed by atoms with Crippen molar-refractivity contribution in [1.82, 2.24) is 0 Å². The maximum atomic E-state index is 6.62. The van der Waals surface area contributed by atoms with Crippen molar-refractivity contribution in [3.63, 3.8) is 0 Å². The number of aryl methyl sites for hydroxylation is 1. The predicted molar refractivity (Wildman–Crippen MR) is 183 cm³/mol. The van der Waals surface area contributed by atoms with Crippen LogP contribution < -0.4 is 0 Å². The minimum Gasteiger partial charge on any atom is -0.456 e. The minimum atomic E-state index is 0.991. The Bertz CT molecular complexity index is 2540. The van der Waals surface area contributed by atoms with Gasteiger partial charge in [-0.3, -0.25) is 0 Å². The Morgan fingerprint density at radius 2 is 1.02 bits per heavy atom. The number of furan rings is 1. The largest absolute Gasteiger partial charge is 0.456 e. The Hall–Kier alpha value is -5.40. The fourth-order valence-corrected chi connectivity index (χ4v) is 7.86. The molecule has 0 amide bonds. The zero-order valence-electron chi connectivity index (χ0n) is 23.5. The Kier molecular flexibility index (Phi) is 4.62. The number of para-hydroxylation sites is 1. The number of hydrogen-bond donors (Lipinski definition) is 0. The summed E-state index contributed by atoms with van der Waals surface area (Å²) >= 11 is 0. The molecular formula is C42H26O. The number of fused-ring (bicyclic) bond motifs is 5. The van der Waals surface area contributed by atoms with Gasteiger partial charge in [0.2, 0.25) is 0 Å². The smallest absolute Gasteiger partial charge is 0.142 e. The highest BCUT2D eigenvalue weighted by atomic mass is 16.3. The third kappa shape index (κ3) is 3.12. The summed E-state index contributed by atoms with van der Waals surface area (Å²) < 4.78 is 6.62. The van der Waals surface area contributed by atoms with E-state index in [1.165, 1.54) is 81.5 Å². The van der Waals surface area contributed by atoms with E-state index >= 15 is 0 Å². The number of hydrogen-bond acceptors (Lipinski definition) is 1. The maximum Gasteiger partial charge on any atom is 0.142 e. The molecule has 9 aromatic rings. The predicted octanol–water partition coefficient (Wildman–Crippen LogP) is 11.9. The van der Waals surface area contributed by atoms with Crippen molar-refractivity contribution in [2.45, 2.75) is 12.8 Å². The van der Waals surface area contributed by atoms with Crippen molar-refractivity contribution < 1.29 is 4.42 Å². The zero-order valence-corrected chi connectivity index (χ0v) is 23.5. The second-order valence-electron chi connectivity index (χ2n) is 11.9. The first-order valence-corrected chi connectivity index (χ1v) is 15.2. The van der Waals surface area contributed by atoms with Crippen LogP contribution in [0.5, 0.6) is 0 Å². The topological polar surface area (TPSA) is 13.1 Å². The van der Waals surface area contributed by atoms with Crippen LogP contribution in [0.4, 0.5) is 0 Å². The van der Waals surface area contributed by atoms with Crippen LogP contribution in [-0.4, -0.2) is 0 Å². The van der Waals surface area contributed by atoms with Crippen LogP contribution in [0.2, 0.25) is 0 Å². The van der Waals surface area contributed by atoms with Crippen LogP contribution in [0.15, 0.2) is 132 Å². The summed E-state index contributed by atoms with van der Waals surface area (Å²) in [6.45, 7) is 0. The van der Waals surface area contributed by atoms with Gasteiger partial charge >= 0.3 is 0 Å². The van der Waals surface area contributed by atoms with Gasteiger partial charge in [-0.15, -0.1) is 0 Å². The van der Waals surface area contributed by atoms with Gasteiger partial charge in [0.05, 0.1) is 0 Å². The van der Waals surface area contributed by atoms with Gasteiger partial charge in [-0.05, 0) is 83.9 Å². The summed E-state index contributed by atoms with van der Waals surface area (Å²) in [4.78, 5) is 0. The molecule has 1 aliphatic rings. The van der Waals surface area contributed by atoms with E-state index in [-0.39, 0.29) is 0 Å². The van der Waals surface area contributed by atoms with Crippen molar-refractivity contribution in [3.05, 3.63) is 139 Å². The van der Waals surface area contributed by atoms with Gasteiger partial charge in [-0.25, -0.2) is 0 Å². The molecule has 0 aliphatic heterocycles. The highest BCUT2D eigenvalue weighted by molar-refractivity contribution is 6.29. The molecule has 8 aromatic carbocycles. The zero-order chi connectivity index (χ0) is 28.1. The standard InChI is InChI=1S/C42H26O/c1-3-14-31-29(12-1)40(34-24-22-27-20-19-25-9-7-10-26-21-23-33(34)39(27)38(25)26)30-13-2-4-15-32(30)41(31)36-17-8-16-35-28-11-5-6-18-37(28)43-42(35)36/h1-4,6-10,12-24H,5,11H2. The third-order valence-electron chi connectivity index (χ3n) is 9.68. The lowest BCUT2D eigenvalue weighted by atomic mass is 9.83. The molecule has 1 nitrogen and oxygen atoms in total. The van der Waals surface area contributed by atoms with E-state index in [4.69, 9.17) is 4.42 Å². The summed E-state index contributed by atoms with van der Waals surface area (Å²) in [5, 5.41) is 14.1. The molecule has 1 aliphatic carbocycles. The monoisotopic (exact) mass is 546 g/mol. The molecule has 0 unspecified atom stereocenters. The van der Waals surface area contributed by atoms with Crippen LogP contribution in [0.1, 0.15) is 17.7 Å². The van der Waals surface area contributed by atoms with E-state index in [0.29, 0.717) is 0 Å². The molecule has 0 radical (unpaired) electrons. The van der Waals surface area contributed by atoms with Crippen molar-refractivity contribution in [2.75, 3.05) is 0 Å². The van der Waals surface area contributed by atoms with Gasteiger partial charge in [0.25, 0.3) is 0 Å². The van der Waals surface area contributed by atoms with Crippen molar-refractivity contribution in [1.29, 1.82) is 0 Å². The van der Waals surface area contributed by atoms with Crippen LogP contribution >= 0.6 is 0 Å². The summed E-state index contributed by atoms with van der Waals surface area (Å²) in [7, 11) is 0. The second-order valence-corrected chi connectivity index (χ2v) is 11.9. The molecule has 0 saturated carbocycles. The summed E-state index contributed by atoms with van der Waals surface area (Å²) in [5.74, 6) is 1.01. The Morgan fingerprint density at radius 3 is 1.74 bits per heavy atom. The van der Waals surface area contributed by atoms with E-state index < -0.39 is 0 Å². The van der Waals surface area contributed by atoms with Gasteiger partial charge in [0.1, 0.15) is 11.3 Å². The first-order chi connectivity index (χ1) is 21.3. The van der Waals surface area contributed by atoms with Crippen LogP contribution in [0.3, 0.4) is 0 Å². The van der Waals surface area contributed by atoms with Gasteiger partial charge in [0.15, 0.2) is 0 Å². The molecule has 200 valence electrons. The molecular weight excluding hydrogens is 520 g/mol. The van der Waals surface area contributed by atoms with Crippen molar-refractivity contribution in [2.24, 2.45) is 0 Å². The summed E-state index contributed by atoms with van der Waals surface area (Å²) in [6.07, 6.45) is 6.46. The fraction of sp³-hybridized carbons (Fsp3) is 0.0476. The van der Waals surface area contributed by atoms with Crippen molar-refractivity contribution >= 4 is 70.9 Å². The van der Waals surface area contributed by atoms with Crippen LogP contribution in [0, 0.1) is 0 Å². The Balaban J connectivity index is 1.36. The summed E-state index contributed by atoms with van der Waals surface area (Å²) in [6, 6.07) is 45.0. The molecule has 10 rings (SSSR count). The lowest BCUT2D eigenvalue weighted by Crippen LogP contribution is -1.93. The average molecular weight is 547 g/mol. The Morgan fingerprint density at radius 1 is 0.442 bits per heavy atom. The van der Waals surface area contributed by atoms with Gasteiger partial charge in [-0.1, -0.05) is 127 Å². The van der Waals surface area contributed by atoms with Gasteiger partial charge in [0, 0.05) is 22.1 Å². The minimum absolute atomic E-state index is 0.991. The fourth-order valence-electron chi connectivity index (χ4n) is 7.86. The molecule has 1 heterocycles. The van der Waals surface area contributed by atoms with Crippen molar-refractivity contribution in [3.8, 4) is 22.3 Å². The lowest BCUT2D eigenvalue weighted by Gasteiger charge is -2.20. The van der Waals surface area contributed by atoms with E-state index in [9.17, 15) is 0 Å². The normalized spacial score (nSPS) is 13.3. The quantitative estimate of drug-likeness (QED) is 0.155. The maximum absolute atomic E-state index is 6.62. The molecule has 0 bridgehead atoms. The third-order valence-corrected chi connectivity index (χ3v) is 9.68. The highest BCUT2D eigenvalue weighted by Gasteiger charge is 2.23. The van der Waals surface area contributed by atoms with Crippen LogP contribution in [0.25, 0.3) is 93.2 Å². The van der Waals surface area contributed by atoms with Crippen LogP contribution in [-0.2, 0) is 6.42 Å². The number of allylic oxidation sites excluding steroid dienone is 1. The van der Waals surface area contributed by atoms with E-state index in [1.807, 2.05) is 0 Å². The Labute approximate surface area is 248 Å². The first kappa shape index (κ1) is 23.2. The molecule has 43 heavy (non-hydrogen) atoms. The van der Waals surface area contributed by atoms with Gasteiger partial charge < -0.3 is 4.42 Å². The van der Waals surface area contributed by atoms with E-state index in [2.05, 4.69) is 133 Å². The highest BCUT2D eigenvalue weighted by Crippen LogP contribution is 2.48. The molecule has 0 saturated heterocycles. The SMILES string of the molecule is C1=Cc2oc3c(-c4c5ccccc5c(-c5ccc6ccc7cccc8ccc5c6c78)c5ccccc45)cccc3c2CC1. The average Bonchev–Trinajstić information content (AvgIpc) is 3.45. The lowest BCUT2D eigenvalue weighted by molar-refractivity contribution is 0.596. The first-order valence-electron chi connectivity index (χ1n) is 15.2. The van der Waals surface area contributed by atoms with Gasteiger partial charge in [-0.2, -0.15) is 0 Å². The molecule has 1 aromatic heterocycles. The molecule has 0 fully saturated rings. The molecule has 0 N–H and O–H groups in total. The summed E-state index contributed by atoms with van der Waals surface area (Å²) in [5.41, 5.74) is 7.30. The number of rotatable bonds is 2. The molecule has 0 spiro atoms. The second kappa shape index (κ2) is 8.56. The van der Waals surface area contributed by atoms with E-state index in [0.717, 1.165) is 29.7 Å². The molecule has 0 atom stereocenters. The molecule has 1 heteroatoms.